The molecule has 0 radical (unpaired) electrons. The molecule has 1 fully saturated rings. The molecule has 1 unspecified atom stereocenters. The van der Waals surface area contributed by atoms with Gasteiger partial charge in [0.2, 0.25) is 0 Å². The number of hydrazine groups is 1. The van der Waals surface area contributed by atoms with E-state index >= 15 is 0 Å². The van der Waals surface area contributed by atoms with Gasteiger partial charge in [0.25, 0.3) is 5.91 Å². The van der Waals surface area contributed by atoms with E-state index in [1.54, 1.807) is 12.1 Å². The maximum atomic E-state index is 12.0. The molecule has 0 spiro atoms. The van der Waals surface area contributed by atoms with Gasteiger partial charge in [-0.3, -0.25) is 10.6 Å². The van der Waals surface area contributed by atoms with Gasteiger partial charge in [-0.2, -0.15) is 0 Å². The Bertz CT molecular complexity index is 414. The molecule has 0 bridgehead atoms. The zero-order chi connectivity index (χ0) is 12.3. The molecule has 17 heavy (non-hydrogen) atoms. The molecule has 1 atom stereocenters. The summed E-state index contributed by atoms with van der Waals surface area (Å²) in [6.07, 6.45) is 0.882. The van der Waals surface area contributed by atoms with E-state index in [-0.39, 0.29) is 11.9 Å². The number of nitrogen functional groups attached to an aromatic ring is 1. The van der Waals surface area contributed by atoms with Crippen molar-refractivity contribution in [3.8, 4) is 0 Å². The second-order valence-corrected chi connectivity index (χ2v) is 4.21. The number of hydrogen-bond acceptors (Lipinski definition) is 4. The third-order valence-corrected chi connectivity index (χ3v) is 2.90. The van der Waals surface area contributed by atoms with Gasteiger partial charge < -0.3 is 15.5 Å². The largest absolute Gasteiger partial charge is 0.379 e. The maximum Gasteiger partial charge on any atom is 0.251 e. The first-order chi connectivity index (χ1) is 8.20. The predicted octanol–water partition coefficient (Wildman–Crippen LogP) is 0.799. The van der Waals surface area contributed by atoms with Gasteiger partial charge in [0.15, 0.2) is 0 Å². The van der Waals surface area contributed by atoms with Crippen molar-refractivity contribution in [1.82, 2.24) is 5.32 Å². The minimum Gasteiger partial charge on any atom is -0.379 e. The van der Waals surface area contributed by atoms with E-state index < -0.39 is 0 Å². The number of aryl methyl sites for hydroxylation is 1. The smallest absolute Gasteiger partial charge is 0.251 e. The van der Waals surface area contributed by atoms with E-state index in [9.17, 15) is 4.79 Å². The molecule has 0 saturated carbocycles. The first kappa shape index (κ1) is 11.9. The average Bonchev–Trinajstić information content (AvgIpc) is 2.81. The van der Waals surface area contributed by atoms with Crippen molar-refractivity contribution < 1.29 is 9.53 Å². The van der Waals surface area contributed by atoms with E-state index in [0.29, 0.717) is 12.2 Å². The quantitative estimate of drug-likeness (QED) is 0.535. The molecule has 0 aliphatic carbocycles. The maximum absolute atomic E-state index is 12.0. The molecule has 1 aromatic rings. The second-order valence-electron chi connectivity index (χ2n) is 4.21. The highest BCUT2D eigenvalue weighted by molar-refractivity contribution is 5.96. The number of hydrogen-bond donors (Lipinski definition) is 3. The monoisotopic (exact) mass is 235 g/mol. The summed E-state index contributed by atoms with van der Waals surface area (Å²) in [6.45, 7) is 3.22. The Balaban J connectivity index is 2.07. The number of ether oxygens (including phenoxy) is 1. The fourth-order valence-corrected chi connectivity index (χ4v) is 1.92. The summed E-state index contributed by atoms with van der Waals surface area (Å²) in [5.41, 5.74) is 4.93. The van der Waals surface area contributed by atoms with E-state index in [4.69, 9.17) is 10.6 Å². The molecule has 0 aromatic heterocycles. The summed E-state index contributed by atoms with van der Waals surface area (Å²) in [7, 11) is 0. The van der Waals surface area contributed by atoms with Crippen LogP contribution in [0.25, 0.3) is 0 Å². The van der Waals surface area contributed by atoms with Gasteiger partial charge in [0.05, 0.1) is 12.6 Å². The van der Waals surface area contributed by atoms with Gasteiger partial charge >= 0.3 is 0 Å². The summed E-state index contributed by atoms with van der Waals surface area (Å²) >= 11 is 0. The number of carbonyl (C=O) groups is 1. The molecule has 1 aromatic carbocycles. The van der Waals surface area contributed by atoms with Crippen LogP contribution >= 0.6 is 0 Å². The van der Waals surface area contributed by atoms with Crippen molar-refractivity contribution in [2.45, 2.75) is 19.4 Å². The van der Waals surface area contributed by atoms with Crippen LogP contribution in [0.5, 0.6) is 0 Å². The normalized spacial score (nSPS) is 19.1. The van der Waals surface area contributed by atoms with Crippen LogP contribution in [0, 0.1) is 6.92 Å². The lowest BCUT2D eigenvalue weighted by atomic mass is 10.1. The molecule has 5 nitrogen and oxygen atoms in total. The Labute approximate surface area is 100 Å². The molecule has 1 heterocycles. The number of benzene rings is 1. The van der Waals surface area contributed by atoms with Gasteiger partial charge in [-0.05, 0) is 37.1 Å². The van der Waals surface area contributed by atoms with Crippen molar-refractivity contribution >= 4 is 11.6 Å². The topological polar surface area (TPSA) is 76.4 Å². The van der Waals surface area contributed by atoms with Crippen LogP contribution < -0.4 is 16.6 Å². The standard InChI is InChI=1S/C12H17N3O2/c1-8-6-9(15-13)2-3-11(8)12(16)14-10-4-5-17-7-10/h2-3,6,10,15H,4-5,7,13H2,1H3,(H,14,16). The number of nitrogens with two attached hydrogens (primary N) is 1. The minimum absolute atomic E-state index is 0.0541. The number of rotatable bonds is 3. The van der Waals surface area contributed by atoms with Gasteiger partial charge in [-0.25, -0.2) is 0 Å². The van der Waals surface area contributed by atoms with Gasteiger partial charge in [0, 0.05) is 17.9 Å². The Kier molecular flexibility index (Phi) is 3.61. The fourth-order valence-electron chi connectivity index (χ4n) is 1.92. The van der Waals surface area contributed by atoms with Crippen molar-refractivity contribution in [2.75, 3.05) is 18.6 Å². The fraction of sp³-hybridized carbons (Fsp3) is 0.417. The lowest BCUT2D eigenvalue weighted by Crippen LogP contribution is -2.35. The van der Waals surface area contributed by atoms with Crippen LogP contribution in [0.15, 0.2) is 18.2 Å². The van der Waals surface area contributed by atoms with Crippen molar-refractivity contribution in [2.24, 2.45) is 5.84 Å². The summed E-state index contributed by atoms with van der Waals surface area (Å²) in [5.74, 6) is 5.26. The molecule has 1 amide bonds. The Hall–Kier alpha value is -1.59. The number of nitrogens with one attached hydrogen (secondary N) is 2. The van der Waals surface area contributed by atoms with Crippen LogP contribution in [0.3, 0.4) is 0 Å². The zero-order valence-electron chi connectivity index (χ0n) is 9.82. The molecule has 1 aliphatic rings. The molecule has 1 saturated heterocycles. The second kappa shape index (κ2) is 5.16. The van der Waals surface area contributed by atoms with Crippen LogP contribution in [0.2, 0.25) is 0 Å². The summed E-state index contributed by atoms with van der Waals surface area (Å²) in [5, 5.41) is 2.96. The number of anilines is 1. The van der Waals surface area contributed by atoms with Crippen molar-refractivity contribution in [1.29, 1.82) is 0 Å². The van der Waals surface area contributed by atoms with E-state index in [1.807, 2.05) is 13.0 Å². The molecule has 4 N–H and O–H groups in total. The highest BCUT2D eigenvalue weighted by Gasteiger charge is 2.19. The molecule has 1 aliphatic heterocycles. The average molecular weight is 235 g/mol. The van der Waals surface area contributed by atoms with Gasteiger partial charge in [-0.15, -0.1) is 0 Å². The molecular weight excluding hydrogens is 218 g/mol. The molecule has 5 heteroatoms. The minimum atomic E-state index is -0.0541. The first-order valence-electron chi connectivity index (χ1n) is 5.66. The SMILES string of the molecule is Cc1cc(NN)ccc1C(=O)NC1CCOC1. The Morgan fingerprint density at radius 3 is 2.94 bits per heavy atom. The highest BCUT2D eigenvalue weighted by atomic mass is 16.5. The number of amides is 1. The van der Waals surface area contributed by atoms with Gasteiger partial charge in [-0.1, -0.05) is 0 Å². The van der Waals surface area contributed by atoms with E-state index in [2.05, 4.69) is 10.7 Å². The van der Waals surface area contributed by atoms with Gasteiger partial charge in [0.1, 0.15) is 0 Å². The summed E-state index contributed by atoms with van der Waals surface area (Å²) in [4.78, 5) is 12.0. The van der Waals surface area contributed by atoms with Crippen LogP contribution in [-0.2, 0) is 4.74 Å². The highest BCUT2D eigenvalue weighted by Crippen LogP contribution is 2.15. The van der Waals surface area contributed by atoms with Crippen LogP contribution in [-0.4, -0.2) is 25.2 Å². The summed E-state index contributed by atoms with van der Waals surface area (Å²) in [6, 6.07) is 5.54. The third-order valence-electron chi connectivity index (χ3n) is 2.90. The Morgan fingerprint density at radius 2 is 2.35 bits per heavy atom. The van der Waals surface area contributed by atoms with Crippen LogP contribution in [0.1, 0.15) is 22.3 Å². The third kappa shape index (κ3) is 2.75. The van der Waals surface area contributed by atoms with E-state index in [1.165, 1.54) is 0 Å². The first-order valence-corrected chi connectivity index (χ1v) is 5.66. The van der Waals surface area contributed by atoms with Crippen molar-refractivity contribution in [3.63, 3.8) is 0 Å². The predicted molar refractivity (Wildman–Crippen MR) is 65.7 cm³/mol. The molecule has 92 valence electrons. The Morgan fingerprint density at radius 1 is 1.53 bits per heavy atom. The van der Waals surface area contributed by atoms with Crippen molar-refractivity contribution in [3.05, 3.63) is 29.3 Å². The summed E-state index contributed by atoms with van der Waals surface area (Å²) < 4.78 is 5.22. The van der Waals surface area contributed by atoms with E-state index in [0.717, 1.165) is 24.3 Å². The zero-order valence-corrected chi connectivity index (χ0v) is 9.82. The molecular formula is C12H17N3O2. The van der Waals surface area contributed by atoms with Crippen LogP contribution in [0.4, 0.5) is 5.69 Å². The molecule has 2 rings (SSSR count). The lowest BCUT2D eigenvalue weighted by molar-refractivity contribution is 0.0929. The number of carbonyl (C=O) groups excluding carboxylic acids is 1. The lowest BCUT2D eigenvalue weighted by Gasteiger charge is -2.12.